The molecule has 0 unspecified atom stereocenters. The van der Waals surface area contributed by atoms with Crippen LogP contribution in [-0.4, -0.2) is 53.0 Å². The van der Waals surface area contributed by atoms with E-state index in [1.807, 2.05) is 18.2 Å². The lowest BCUT2D eigenvalue weighted by Gasteiger charge is -2.36. The van der Waals surface area contributed by atoms with Gasteiger partial charge in [-0.25, -0.2) is 9.87 Å². The third-order valence-electron chi connectivity index (χ3n) is 5.24. The van der Waals surface area contributed by atoms with Crippen LogP contribution in [0.5, 0.6) is 5.88 Å². The molecule has 4 rings (SSSR count). The normalized spacial score (nSPS) is 15.1. The number of anilines is 1. The van der Waals surface area contributed by atoms with Gasteiger partial charge in [-0.3, -0.25) is 14.3 Å². The van der Waals surface area contributed by atoms with Crippen LogP contribution < -0.4 is 10.4 Å². The Morgan fingerprint density at radius 1 is 1.16 bits per heavy atom. The van der Waals surface area contributed by atoms with Crippen molar-refractivity contribution < 1.29 is 14.3 Å². The number of nitrogens with one attached hydrogen (secondary N) is 1. The summed E-state index contributed by atoms with van der Waals surface area (Å²) in [7, 11) is 1.40. The molecule has 0 saturated carbocycles. The van der Waals surface area contributed by atoms with Crippen LogP contribution in [0.1, 0.15) is 0 Å². The molecule has 1 aromatic heterocycles. The molecule has 0 radical (unpaired) electrons. The highest BCUT2D eigenvalue weighted by Gasteiger charge is 2.22. The number of hydrogen-bond donors (Lipinski definition) is 2. The van der Waals surface area contributed by atoms with E-state index in [4.69, 9.17) is 17.1 Å². The first-order chi connectivity index (χ1) is 15.1. The molecule has 0 aliphatic carbocycles. The standard InChI is InChI=1S/C21H23FN6O2S/c1-30-25-21(31)24-23-19-17-13-15(22)7-8-18(17)28(20(19)29)14-26-9-11-27(12-10-26)16-5-3-2-4-6-16/h2-8,13,29H,9-12,14H2,1H3,(H,25,31). The van der Waals surface area contributed by atoms with Crippen molar-refractivity contribution in [2.45, 2.75) is 6.67 Å². The largest absolute Gasteiger partial charge is 0.493 e. The molecular weight excluding hydrogens is 419 g/mol. The number of para-hydroxylation sites is 1. The second-order valence-corrected chi connectivity index (χ2v) is 7.54. The second kappa shape index (κ2) is 9.38. The molecule has 2 aromatic carbocycles. The molecule has 162 valence electrons. The van der Waals surface area contributed by atoms with E-state index >= 15 is 0 Å². The molecule has 2 N–H and O–H groups in total. The third kappa shape index (κ3) is 4.66. The first-order valence-corrected chi connectivity index (χ1v) is 10.3. The van der Waals surface area contributed by atoms with E-state index in [0.717, 1.165) is 26.2 Å². The Balaban J connectivity index is 1.55. The van der Waals surface area contributed by atoms with Crippen molar-refractivity contribution in [3.63, 3.8) is 0 Å². The van der Waals surface area contributed by atoms with Crippen LogP contribution >= 0.6 is 12.2 Å². The molecule has 0 atom stereocenters. The lowest BCUT2D eigenvalue weighted by atomic mass is 10.2. The SMILES string of the molecule is CONC(=S)N=Nc1c(O)n(CN2CCN(c3ccccc3)CC2)c2ccc(F)cc12. The van der Waals surface area contributed by atoms with Gasteiger partial charge in [0, 0.05) is 37.3 Å². The Morgan fingerprint density at radius 2 is 1.90 bits per heavy atom. The summed E-state index contributed by atoms with van der Waals surface area (Å²) in [5.41, 5.74) is 4.42. The Morgan fingerprint density at radius 3 is 2.61 bits per heavy atom. The van der Waals surface area contributed by atoms with E-state index in [0.29, 0.717) is 17.6 Å². The molecule has 1 saturated heterocycles. The lowest BCUT2D eigenvalue weighted by molar-refractivity contribution is 0.145. The quantitative estimate of drug-likeness (QED) is 0.356. The fourth-order valence-electron chi connectivity index (χ4n) is 3.73. The third-order valence-corrected chi connectivity index (χ3v) is 5.40. The predicted molar refractivity (Wildman–Crippen MR) is 121 cm³/mol. The molecule has 0 spiro atoms. The number of halogens is 1. The Labute approximate surface area is 184 Å². The maximum atomic E-state index is 13.9. The van der Waals surface area contributed by atoms with E-state index in [1.165, 1.54) is 24.9 Å². The zero-order valence-corrected chi connectivity index (χ0v) is 17.8. The molecule has 0 amide bonds. The highest BCUT2D eigenvalue weighted by Crippen LogP contribution is 2.39. The van der Waals surface area contributed by atoms with Crippen molar-refractivity contribution >= 4 is 39.6 Å². The van der Waals surface area contributed by atoms with Gasteiger partial charge in [0.25, 0.3) is 0 Å². The number of benzene rings is 2. The molecule has 31 heavy (non-hydrogen) atoms. The van der Waals surface area contributed by atoms with Crippen LogP contribution in [0.3, 0.4) is 0 Å². The number of hydrogen-bond acceptors (Lipinski definition) is 6. The average molecular weight is 443 g/mol. The summed E-state index contributed by atoms with van der Waals surface area (Å²) in [6.45, 7) is 3.86. The van der Waals surface area contributed by atoms with Gasteiger partial charge in [-0.15, -0.1) is 10.2 Å². The van der Waals surface area contributed by atoms with Crippen LogP contribution in [0, 0.1) is 5.82 Å². The fraction of sp³-hybridized carbons (Fsp3) is 0.286. The van der Waals surface area contributed by atoms with E-state index in [1.54, 1.807) is 10.6 Å². The van der Waals surface area contributed by atoms with Crippen LogP contribution in [0.25, 0.3) is 10.9 Å². The zero-order valence-electron chi connectivity index (χ0n) is 17.0. The Bertz CT molecular complexity index is 1100. The van der Waals surface area contributed by atoms with Crippen LogP contribution in [0.15, 0.2) is 58.8 Å². The minimum Gasteiger partial charge on any atom is -0.493 e. The summed E-state index contributed by atoms with van der Waals surface area (Å²) in [6, 6.07) is 14.6. The first-order valence-electron chi connectivity index (χ1n) is 9.84. The number of rotatable bonds is 5. The van der Waals surface area contributed by atoms with Gasteiger partial charge in [-0.05, 0) is 42.5 Å². The van der Waals surface area contributed by atoms with Gasteiger partial charge in [0.15, 0.2) is 5.69 Å². The van der Waals surface area contributed by atoms with Crippen molar-refractivity contribution in [1.29, 1.82) is 0 Å². The minimum atomic E-state index is -0.421. The number of azo groups is 1. The molecule has 2 heterocycles. The number of aromatic hydroxyl groups is 1. The fourth-order valence-corrected chi connectivity index (χ4v) is 3.85. The van der Waals surface area contributed by atoms with E-state index in [2.05, 4.69) is 37.6 Å². The monoisotopic (exact) mass is 442 g/mol. The molecule has 3 aromatic rings. The van der Waals surface area contributed by atoms with E-state index in [9.17, 15) is 9.50 Å². The van der Waals surface area contributed by atoms with Crippen molar-refractivity contribution in [2.75, 3.05) is 38.2 Å². The van der Waals surface area contributed by atoms with Gasteiger partial charge in [0.2, 0.25) is 11.0 Å². The first kappa shape index (κ1) is 21.2. The summed E-state index contributed by atoms with van der Waals surface area (Å²) >= 11 is 4.96. The van der Waals surface area contributed by atoms with E-state index < -0.39 is 5.82 Å². The summed E-state index contributed by atoms with van der Waals surface area (Å²) in [4.78, 5) is 9.26. The highest BCUT2D eigenvalue weighted by molar-refractivity contribution is 7.80. The second-order valence-electron chi connectivity index (χ2n) is 7.16. The van der Waals surface area contributed by atoms with Gasteiger partial charge in [0.05, 0.1) is 19.3 Å². The molecule has 1 fully saturated rings. The molecule has 1 aliphatic heterocycles. The van der Waals surface area contributed by atoms with Crippen LogP contribution in [0.4, 0.5) is 15.8 Å². The van der Waals surface area contributed by atoms with Crippen molar-refractivity contribution in [3.8, 4) is 5.88 Å². The minimum absolute atomic E-state index is 0.00348. The number of thiocarbonyl (C=S) groups is 1. The van der Waals surface area contributed by atoms with Gasteiger partial charge >= 0.3 is 0 Å². The number of aromatic nitrogens is 1. The molecular formula is C21H23FN6O2S. The maximum Gasteiger partial charge on any atom is 0.237 e. The molecule has 10 heteroatoms. The van der Waals surface area contributed by atoms with E-state index in [-0.39, 0.29) is 16.7 Å². The maximum absolute atomic E-state index is 13.9. The summed E-state index contributed by atoms with van der Waals surface area (Å²) in [6.07, 6.45) is 0. The summed E-state index contributed by atoms with van der Waals surface area (Å²) < 4.78 is 15.6. The summed E-state index contributed by atoms with van der Waals surface area (Å²) in [5.74, 6) is -0.509. The van der Waals surface area contributed by atoms with Crippen molar-refractivity contribution in [1.82, 2.24) is 14.9 Å². The van der Waals surface area contributed by atoms with Gasteiger partial charge in [-0.1, -0.05) is 18.2 Å². The number of nitrogens with zero attached hydrogens (tertiary/aromatic N) is 5. The lowest BCUT2D eigenvalue weighted by Crippen LogP contribution is -2.46. The smallest absolute Gasteiger partial charge is 0.237 e. The number of hydroxylamine groups is 1. The number of piperazine rings is 1. The predicted octanol–water partition coefficient (Wildman–Crippen LogP) is 3.79. The Hall–Kier alpha value is -3.08. The Kier molecular flexibility index (Phi) is 6.40. The van der Waals surface area contributed by atoms with Gasteiger partial charge in [-0.2, -0.15) is 0 Å². The van der Waals surface area contributed by atoms with Crippen molar-refractivity contribution in [2.24, 2.45) is 10.2 Å². The summed E-state index contributed by atoms with van der Waals surface area (Å²) in [5, 5.41) is 19.2. The van der Waals surface area contributed by atoms with Gasteiger partial charge in [0.1, 0.15) is 5.82 Å². The molecule has 8 nitrogen and oxygen atoms in total. The van der Waals surface area contributed by atoms with Gasteiger partial charge < -0.3 is 10.0 Å². The molecule has 0 bridgehead atoms. The molecule has 1 aliphatic rings. The zero-order chi connectivity index (χ0) is 21.8. The van der Waals surface area contributed by atoms with Crippen LogP contribution in [0.2, 0.25) is 0 Å². The van der Waals surface area contributed by atoms with Crippen LogP contribution in [-0.2, 0) is 11.5 Å². The highest BCUT2D eigenvalue weighted by atomic mass is 32.1. The number of fused-ring (bicyclic) bond motifs is 1. The topological polar surface area (TPSA) is 77.6 Å². The average Bonchev–Trinajstić information content (AvgIpc) is 3.03. The van der Waals surface area contributed by atoms with Crippen molar-refractivity contribution in [3.05, 3.63) is 54.3 Å².